The van der Waals surface area contributed by atoms with E-state index in [-0.39, 0.29) is 10.8 Å². The molecule has 6 nitrogen and oxygen atoms in total. The molecule has 0 radical (unpaired) electrons. The summed E-state index contributed by atoms with van der Waals surface area (Å²) in [4.78, 5) is 3.79. The molecule has 0 aliphatic rings. The van der Waals surface area contributed by atoms with Gasteiger partial charge in [-0.1, -0.05) is 6.07 Å². The fraction of sp³-hybridized carbons (Fsp3) is 0.182. The monoisotopic (exact) mass is 267 g/mol. The van der Waals surface area contributed by atoms with Crippen molar-refractivity contribution in [3.8, 4) is 5.75 Å². The molecule has 1 aromatic heterocycles. The average Bonchev–Trinajstić information content (AvgIpc) is 2.72. The summed E-state index contributed by atoms with van der Waals surface area (Å²) < 4.78 is 28.0. The predicted molar refractivity (Wildman–Crippen MR) is 66.9 cm³/mol. The lowest BCUT2D eigenvalue weighted by atomic mass is 10.2. The molecule has 2 N–H and O–H groups in total. The standard InChI is InChI=1S/C11H13N3O3S/c1-8-9(4-3-5-10(8)15)13-18(16,17)11-6-14(2)7-12-11/h3-7,13,15H,1-2H3. The fourth-order valence-corrected chi connectivity index (χ4v) is 2.56. The van der Waals surface area contributed by atoms with Gasteiger partial charge in [0.05, 0.1) is 12.0 Å². The smallest absolute Gasteiger partial charge is 0.280 e. The first-order valence-corrected chi connectivity index (χ1v) is 6.68. The Morgan fingerprint density at radius 3 is 2.72 bits per heavy atom. The second-order valence-corrected chi connectivity index (χ2v) is 5.56. The van der Waals surface area contributed by atoms with Gasteiger partial charge in [0.25, 0.3) is 10.0 Å². The van der Waals surface area contributed by atoms with E-state index in [9.17, 15) is 13.5 Å². The third-order valence-electron chi connectivity index (χ3n) is 2.51. The van der Waals surface area contributed by atoms with Crippen molar-refractivity contribution in [1.82, 2.24) is 9.55 Å². The van der Waals surface area contributed by atoms with Gasteiger partial charge in [-0.3, -0.25) is 4.72 Å². The molecule has 2 rings (SSSR count). The Bertz CT molecular complexity index is 677. The van der Waals surface area contributed by atoms with Gasteiger partial charge in [0.2, 0.25) is 0 Å². The highest BCUT2D eigenvalue weighted by Crippen LogP contribution is 2.25. The molecule has 18 heavy (non-hydrogen) atoms. The van der Waals surface area contributed by atoms with Crippen molar-refractivity contribution in [1.29, 1.82) is 0 Å². The minimum absolute atomic E-state index is 0.0382. The van der Waals surface area contributed by atoms with Crippen molar-refractivity contribution in [3.05, 3.63) is 36.3 Å². The molecule has 0 atom stereocenters. The Balaban J connectivity index is 2.37. The quantitative estimate of drug-likeness (QED) is 0.876. The van der Waals surface area contributed by atoms with Crippen LogP contribution in [0.1, 0.15) is 5.56 Å². The largest absolute Gasteiger partial charge is 0.508 e. The summed E-state index contributed by atoms with van der Waals surface area (Å²) in [6, 6.07) is 4.64. The summed E-state index contributed by atoms with van der Waals surface area (Å²) in [5, 5.41) is 9.45. The molecule has 1 aromatic carbocycles. The molecular weight excluding hydrogens is 254 g/mol. The van der Waals surface area contributed by atoms with E-state index in [0.29, 0.717) is 11.3 Å². The van der Waals surface area contributed by atoms with Crippen molar-refractivity contribution in [2.45, 2.75) is 11.9 Å². The van der Waals surface area contributed by atoms with E-state index in [0.717, 1.165) is 0 Å². The molecule has 96 valence electrons. The first-order chi connectivity index (χ1) is 8.40. The third-order valence-corrected chi connectivity index (χ3v) is 3.76. The van der Waals surface area contributed by atoms with Crippen molar-refractivity contribution < 1.29 is 13.5 Å². The number of aromatic nitrogens is 2. The predicted octanol–water partition coefficient (Wildman–Crippen LogP) is 1.23. The van der Waals surface area contributed by atoms with Gasteiger partial charge in [-0.15, -0.1) is 0 Å². The van der Waals surface area contributed by atoms with Gasteiger partial charge in [0.1, 0.15) is 5.75 Å². The van der Waals surface area contributed by atoms with Gasteiger partial charge in [-0.2, -0.15) is 8.42 Å². The zero-order valence-electron chi connectivity index (χ0n) is 9.95. The number of hydrogen-bond donors (Lipinski definition) is 2. The van der Waals surface area contributed by atoms with E-state index >= 15 is 0 Å². The summed E-state index contributed by atoms with van der Waals surface area (Å²) in [6.45, 7) is 1.63. The van der Waals surface area contributed by atoms with Crippen molar-refractivity contribution in [2.75, 3.05) is 4.72 Å². The van der Waals surface area contributed by atoms with Gasteiger partial charge in [-0.05, 0) is 19.1 Å². The molecule has 0 aliphatic heterocycles. The van der Waals surface area contributed by atoms with Crippen LogP contribution in [0.25, 0.3) is 0 Å². The number of imidazole rings is 1. The number of aryl methyl sites for hydroxylation is 1. The van der Waals surface area contributed by atoms with Crippen LogP contribution in [0.4, 0.5) is 5.69 Å². The van der Waals surface area contributed by atoms with E-state index in [1.165, 1.54) is 18.6 Å². The van der Waals surface area contributed by atoms with Crippen LogP contribution in [0.2, 0.25) is 0 Å². The lowest BCUT2D eigenvalue weighted by Gasteiger charge is -2.09. The van der Waals surface area contributed by atoms with Crippen LogP contribution in [0.5, 0.6) is 5.75 Å². The molecular formula is C11H13N3O3S. The first-order valence-electron chi connectivity index (χ1n) is 5.19. The molecule has 1 heterocycles. The number of nitrogens with one attached hydrogen (secondary N) is 1. The van der Waals surface area contributed by atoms with Crippen molar-refractivity contribution in [2.24, 2.45) is 7.05 Å². The zero-order valence-corrected chi connectivity index (χ0v) is 10.8. The van der Waals surface area contributed by atoms with Crippen LogP contribution in [-0.4, -0.2) is 23.1 Å². The molecule has 0 amide bonds. The number of sulfonamides is 1. The Morgan fingerprint density at radius 1 is 1.39 bits per heavy atom. The molecule has 0 bridgehead atoms. The number of hydrogen-bond acceptors (Lipinski definition) is 4. The summed E-state index contributed by atoms with van der Waals surface area (Å²) in [6.07, 6.45) is 2.81. The van der Waals surface area contributed by atoms with Gasteiger partial charge in [0, 0.05) is 18.8 Å². The van der Waals surface area contributed by atoms with Gasteiger partial charge >= 0.3 is 0 Å². The SMILES string of the molecule is Cc1c(O)cccc1NS(=O)(=O)c1cn(C)cn1. The van der Waals surface area contributed by atoms with E-state index in [2.05, 4.69) is 9.71 Å². The van der Waals surface area contributed by atoms with E-state index < -0.39 is 10.0 Å². The molecule has 7 heteroatoms. The number of nitrogens with zero attached hydrogens (tertiary/aromatic N) is 2. The molecule has 0 spiro atoms. The Labute approximate surface area is 105 Å². The van der Waals surface area contributed by atoms with E-state index in [1.807, 2.05) is 0 Å². The van der Waals surface area contributed by atoms with Gasteiger partial charge in [0.15, 0.2) is 5.03 Å². The molecule has 0 saturated carbocycles. The van der Waals surface area contributed by atoms with E-state index in [1.54, 1.807) is 30.7 Å². The maximum Gasteiger partial charge on any atom is 0.280 e. The second-order valence-electron chi connectivity index (χ2n) is 3.93. The van der Waals surface area contributed by atoms with Crippen LogP contribution >= 0.6 is 0 Å². The Morgan fingerprint density at radius 2 is 2.11 bits per heavy atom. The summed E-state index contributed by atoms with van der Waals surface area (Å²) in [5.74, 6) is 0.0382. The number of aromatic hydroxyl groups is 1. The fourth-order valence-electron chi connectivity index (χ4n) is 1.46. The number of rotatable bonds is 3. The number of phenolic OH excluding ortho intramolecular Hbond substituents is 1. The summed E-state index contributed by atoms with van der Waals surface area (Å²) >= 11 is 0. The summed E-state index contributed by atoms with van der Waals surface area (Å²) in [7, 11) is -2.04. The highest BCUT2D eigenvalue weighted by atomic mass is 32.2. The molecule has 2 aromatic rings. The van der Waals surface area contributed by atoms with Crippen molar-refractivity contribution >= 4 is 15.7 Å². The lowest BCUT2D eigenvalue weighted by molar-refractivity contribution is 0.471. The number of phenols is 1. The Hall–Kier alpha value is -2.02. The van der Waals surface area contributed by atoms with Crippen LogP contribution in [0.3, 0.4) is 0 Å². The number of benzene rings is 1. The van der Waals surface area contributed by atoms with Crippen LogP contribution < -0.4 is 4.72 Å². The maximum atomic E-state index is 12.0. The maximum absolute atomic E-state index is 12.0. The second kappa shape index (κ2) is 4.34. The molecule has 0 unspecified atom stereocenters. The molecule has 0 aliphatic carbocycles. The highest BCUT2D eigenvalue weighted by Gasteiger charge is 2.18. The van der Waals surface area contributed by atoms with E-state index in [4.69, 9.17) is 0 Å². The van der Waals surface area contributed by atoms with Gasteiger partial charge in [-0.25, -0.2) is 4.98 Å². The van der Waals surface area contributed by atoms with Crippen molar-refractivity contribution in [3.63, 3.8) is 0 Å². The minimum atomic E-state index is -3.72. The average molecular weight is 267 g/mol. The van der Waals surface area contributed by atoms with Crippen LogP contribution in [0, 0.1) is 6.92 Å². The first kappa shape index (κ1) is 12.4. The zero-order chi connectivity index (χ0) is 13.3. The van der Waals surface area contributed by atoms with Crippen LogP contribution in [-0.2, 0) is 17.1 Å². The van der Waals surface area contributed by atoms with Gasteiger partial charge < -0.3 is 9.67 Å². The normalized spacial score (nSPS) is 11.4. The third kappa shape index (κ3) is 2.30. The minimum Gasteiger partial charge on any atom is -0.508 e. The molecule has 0 fully saturated rings. The van der Waals surface area contributed by atoms with Crippen LogP contribution in [0.15, 0.2) is 35.7 Å². The summed E-state index contributed by atoms with van der Waals surface area (Å²) in [5.41, 5.74) is 0.803. The lowest BCUT2D eigenvalue weighted by Crippen LogP contribution is -2.14. The highest BCUT2D eigenvalue weighted by molar-refractivity contribution is 7.92. The number of anilines is 1. The molecule has 0 saturated heterocycles. The Kier molecular flexibility index (Phi) is 3.00. The topological polar surface area (TPSA) is 84.2 Å².